The van der Waals surface area contributed by atoms with Crippen molar-refractivity contribution in [2.75, 3.05) is 32.8 Å². The molecule has 53 heavy (non-hydrogen) atoms. The lowest BCUT2D eigenvalue weighted by molar-refractivity contribution is -0.140. The Kier molecular flexibility index (Phi) is 13.4. The van der Waals surface area contributed by atoms with Crippen LogP contribution in [0.1, 0.15) is 42.4 Å². The zero-order valence-electron chi connectivity index (χ0n) is 29.0. The molecule has 0 aliphatic carbocycles. The van der Waals surface area contributed by atoms with Crippen molar-refractivity contribution >= 4 is 40.2 Å². The van der Waals surface area contributed by atoms with E-state index in [-0.39, 0.29) is 30.9 Å². The van der Waals surface area contributed by atoms with Crippen LogP contribution >= 0.6 is 23.2 Å². The number of benzene rings is 4. The number of aliphatic hydroxyl groups excluding tert-OH is 2. The van der Waals surface area contributed by atoms with Crippen LogP contribution in [-0.2, 0) is 24.6 Å². The van der Waals surface area contributed by atoms with E-state index < -0.39 is 18.6 Å². The van der Waals surface area contributed by atoms with Crippen molar-refractivity contribution in [3.05, 3.63) is 99.5 Å². The lowest BCUT2D eigenvalue weighted by Gasteiger charge is -2.29. The highest BCUT2D eigenvalue weighted by Gasteiger charge is 2.19. The SMILES string of the molecule is O=C(O)[C@@H](CO)NCc1cc(Cl)c(OCc2cccc(-c3cccc(OCCCCN4CCC(O)CC4)c3)c2Cl)cc1OCc1ccc2nonc2c1. The molecule has 4 aromatic carbocycles. The van der Waals surface area contributed by atoms with E-state index in [1.165, 1.54) is 0 Å². The summed E-state index contributed by atoms with van der Waals surface area (Å²) >= 11 is 13.6. The van der Waals surface area contributed by atoms with Gasteiger partial charge < -0.3 is 34.4 Å². The first-order valence-corrected chi connectivity index (χ1v) is 18.3. The van der Waals surface area contributed by atoms with E-state index in [1.807, 2.05) is 48.5 Å². The normalized spacial score (nSPS) is 14.3. The van der Waals surface area contributed by atoms with E-state index in [0.29, 0.717) is 39.7 Å². The Morgan fingerprint density at radius 2 is 1.70 bits per heavy atom. The van der Waals surface area contributed by atoms with Crippen molar-refractivity contribution in [1.29, 1.82) is 0 Å². The van der Waals surface area contributed by atoms with E-state index in [0.717, 1.165) is 73.3 Å². The largest absolute Gasteiger partial charge is 0.494 e. The summed E-state index contributed by atoms with van der Waals surface area (Å²) in [6.45, 7) is 3.25. The van der Waals surface area contributed by atoms with Crippen LogP contribution in [0.3, 0.4) is 0 Å². The molecule has 1 fully saturated rings. The number of aliphatic carboxylic acids is 1. The Bertz CT molecular complexity index is 1980. The van der Waals surface area contributed by atoms with Crippen molar-refractivity contribution in [2.24, 2.45) is 0 Å². The molecule has 2 heterocycles. The summed E-state index contributed by atoms with van der Waals surface area (Å²) in [4.78, 5) is 13.9. The highest BCUT2D eigenvalue weighted by Crippen LogP contribution is 2.37. The second-order valence-electron chi connectivity index (χ2n) is 12.9. The van der Waals surface area contributed by atoms with E-state index in [4.69, 9.17) is 42.0 Å². The second kappa shape index (κ2) is 18.6. The topological polar surface area (TPSA) is 160 Å². The van der Waals surface area contributed by atoms with Crippen LogP contribution in [0.2, 0.25) is 10.0 Å². The summed E-state index contributed by atoms with van der Waals surface area (Å²) < 4.78 is 23.3. The van der Waals surface area contributed by atoms with Crippen molar-refractivity contribution in [1.82, 2.24) is 20.5 Å². The van der Waals surface area contributed by atoms with Gasteiger partial charge in [0.2, 0.25) is 0 Å². The van der Waals surface area contributed by atoms with Gasteiger partial charge in [0.1, 0.15) is 47.5 Å². The summed E-state index contributed by atoms with van der Waals surface area (Å²) in [5.74, 6) is 0.325. The number of aromatic nitrogens is 2. The predicted molar refractivity (Wildman–Crippen MR) is 201 cm³/mol. The van der Waals surface area contributed by atoms with Gasteiger partial charge in [0, 0.05) is 42.4 Å². The first-order chi connectivity index (χ1) is 25.8. The summed E-state index contributed by atoms with van der Waals surface area (Å²) in [7, 11) is 0. The number of rotatable bonds is 18. The fraction of sp³-hybridized carbons (Fsp3) is 0.359. The van der Waals surface area contributed by atoms with Gasteiger partial charge in [0.05, 0.1) is 29.4 Å². The number of hydrogen-bond acceptors (Lipinski definition) is 11. The molecule has 6 rings (SSSR count). The Hall–Kier alpha value is -4.43. The minimum Gasteiger partial charge on any atom is -0.494 e. The molecule has 4 N–H and O–H groups in total. The average molecular weight is 766 g/mol. The maximum Gasteiger partial charge on any atom is 0.323 e. The Balaban J connectivity index is 1.11. The first kappa shape index (κ1) is 38.3. The zero-order valence-corrected chi connectivity index (χ0v) is 30.6. The van der Waals surface area contributed by atoms with E-state index in [9.17, 15) is 20.1 Å². The van der Waals surface area contributed by atoms with Crippen molar-refractivity contribution in [3.8, 4) is 28.4 Å². The van der Waals surface area contributed by atoms with Gasteiger partial charge in [-0.1, -0.05) is 59.6 Å². The number of likely N-dealkylation sites (tertiary alicyclic amines) is 1. The van der Waals surface area contributed by atoms with Crippen LogP contribution in [0.25, 0.3) is 22.2 Å². The molecule has 0 saturated carbocycles. The Labute approximate surface area is 317 Å². The summed E-state index contributed by atoms with van der Waals surface area (Å²) in [6, 6.07) is 21.1. The maximum absolute atomic E-state index is 11.5. The van der Waals surface area contributed by atoms with Crippen molar-refractivity contribution < 1.29 is 39.0 Å². The average Bonchev–Trinajstić information content (AvgIpc) is 3.63. The summed E-state index contributed by atoms with van der Waals surface area (Å²) in [5, 5.41) is 40.0. The predicted octanol–water partition coefficient (Wildman–Crippen LogP) is 6.51. The molecule has 1 aromatic heterocycles. The molecule has 1 saturated heterocycles. The number of halogens is 2. The van der Waals surface area contributed by atoms with Gasteiger partial charge >= 0.3 is 5.97 Å². The van der Waals surface area contributed by atoms with Gasteiger partial charge in [-0.25, -0.2) is 4.63 Å². The van der Waals surface area contributed by atoms with Gasteiger partial charge in [-0.3, -0.25) is 10.1 Å². The number of nitrogens with zero attached hydrogens (tertiary/aromatic N) is 3. The lowest BCUT2D eigenvalue weighted by atomic mass is 10.0. The third kappa shape index (κ3) is 10.4. The number of carboxylic acid groups (broad SMARTS) is 1. The molecule has 5 aromatic rings. The summed E-state index contributed by atoms with van der Waals surface area (Å²) in [6.07, 6.45) is 3.51. The monoisotopic (exact) mass is 764 g/mol. The minimum atomic E-state index is -1.18. The summed E-state index contributed by atoms with van der Waals surface area (Å²) in [5.41, 5.74) is 5.05. The standard InChI is InChI=1S/C39H42Cl2N4O8/c40-32-19-28(21-42-35(22-46)39(48)49)36(51-23-25-9-10-33-34(17-25)44-53-43-33)20-37(32)52-24-27-6-4-8-31(38(27)41)26-5-3-7-30(18-26)50-16-2-1-13-45-14-11-29(47)12-15-45/h3-10,17-20,29,35,42,46-47H,1-2,11-16,21-24H2,(H,48,49)/t35-/m1/s1. The smallest absolute Gasteiger partial charge is 0.323 e. The molecular formula is C39H42Cl2N4O8. The van der Waals surface area contributed by atoms with Gasteiger partial charge in [-0.15, -0.1) is 0 Å². The molecular weight excluding hydrogens is 723 g/mol. The molecule has 14 heteroatoms. The zero-order chi connectivity index (χ0) is 37.2. The maximum atomic E-state index is 11.5. The number of carbonyl (C=O) groups is 1. The van der Waals surface area contributed by atoms with Crippen LogP contribution in [0.15, 0.2) is 77.4 Å². The third-order valence-corrected chi connectivity index (χ3v) is 9.89. The first-order valence-electron chi connectivity index (χ1n) is 17.5. The number of ether oxygens (including phenoxy) is 3. The van der Waals surface area contributed by atoms with Gasteiger partial charge in [-0.2, -0.15) is 0 Å². The fourth-order valence-corrected chi connectivity index (χ4v) is 6.62. The molecule has 280 valence electrons. The highest BCUT2D eigenvalue weighted by molar-refractivity contribution is 6.34. The lowest BCUT2D eigenvalue weighted by Crippen LogP contribution is -2.39. The number of aliphatic hydroxyl groups is 2. The highest BCUT2D eigenvalue weighted by atomic mass is 35.5. The number of fused-ring (bicyclic) bond motifs is 1. The minimum absolute atomic E-state index is 0.0557. The van der Waals surface area contributed by atoms with Gasteiger partial charge in [0.15, 0.2) is 0 Å². The van der Waals surface area contributed by atoms with Gasteiger partial charge in [-0.05, 0) is 84.0 Å². The number of piperidine rings is 1. The Morgan fingerprint density at radius 1 is 0.906 bits per heavy atom. The van der Waals surface area contributed by atoms with Crippen LogP contribution in [0, 0.1) is 0 Å². The van der Waals surface area contributed by atoms with Crippen LogP contribution in [0.5, 0.6) is 17.2 Å². The Morgan fingerprint density at radius 3 is 2.51 bits per heavy atom. The fourth-order valence-electron chi connectivity index (χ4n) is 6.09. The van der Waals surface area contributed by atoms with Crippen LogP contribution < -0.4 is 19.5 Å². The number of carboxylic acids is 1. The van der Waals surface area contributed by atoms with Crippen LogP contribution in [0.4, 0.5) is 0 Å². The number of nitrogens with one attached hydrogen (secondary N) is 1. The van der Waals surface area contributed by atoms with Crippen molar-refractivity contribution in [3.63, 3.8) is 0 Å². The van der Waals surface area contributed by atoms with E-state index >= 15 is 0 Å². The van der Waals surface area contributed by atoms with Crippen LogP contribution in [-0.4, -0.2) is 81.5 Å². The molecule has 0 amide bonds. The molecule has 0 radical (unpaired) electrons. The third-order valence-electron chi connectivity index (χ3n) is 9.15. The molecule has 0 spiro atoms. The second-order valence-corrected chi connectivity index (χ2v) is 13.7. The molecule has 0 unspecified atom stereocenters. The molecule has 1 aliphatic heterocycles. The molecule has 12 nitrogen and oxygen atoms in total. The number of unbranched alkanes of at least 4 members (excludes halogenated alkanes) is 1. The quantitative estimate of drug-likeness (QED) is 0.0719. The molecule has 0 bridgehead atoms. The van der Waals surface area contributed by atoms with E-state index in [1.54, 1.807) is 24.3 Å². The van der Waals surface area contributed by atoms with E-state index in [2.05, 4.69) is 20.5 Å². The van der Waals surface area contributed by atoms with Gasteiger partial charge in [0.25, 0.3) is 0 Å². The van der Waals surface area contributed by atoms with Crippen molar-refractivity contribution in [2.45, 2.75) is 57.6 Å². The molecule has 1 aliphatic rings. The number of hydrogen-bond donors (Lipinski definition) is 4. The molecule has 1 atom stereocenters.